The van der Waals surface area contributed by atoms with Crippen LogP contribution in [0, 0.1) is 17.2 Å². The van der Waals surface area contributed by atoms with Crippen LogP contribution < -0.4 is 5.32 Å². The number of hydrogen-bond donors (Lipinski definition) is 2. The van der Waals surface area contributed by atoms with Crippen molar-refractivity contribution in [2.75, 3.05) is 6.54 Å². The predicted molar refractivity (Wildman–Crippen MR) is 89.8 cm³/mol. The quantitative estimate of drug-likeness (QED) is 0.760. The average Bonchev–Trinajstić information content (AvgIpc) is 3.24. The summed E-state index contributed by atoms with van der Waals surface area (Å²) in [4.78, 5) is 7.65. The highest BCUT2D eigenvalue weighted by atomic mass is 14.9. The molecule has 1 saturated carbocycles. The predicted octanol–water partition coefficient (Wildman–Crippen LogP) is 3.33. The van der Waals surface area contributed by atoms with Crippen LogP contribution in [0.2, 0.25) is 0 Å². The van der Waals surface area contributed by atoms with Crippen LogP contribution in [0.15, 0.2) is 48.8 Å². The fraction of sp³-hybridized carbons (Fsp3) is 0.263. The summed E-state index contributed by atoms with van der Waals surface area (Å²) in [7, 11) is 0. The molecule has 2 aromatic heterocycles. The normalized spacial score (nSPS) is 19.6. The molecule has 1 aliphatic carbocycles. The Bertz CT molecular complexity index is 860. The average molecular weight is 302 g/mol. The molecule has 4 nitrogen and oxygen atoms in total. The lowest BCUT2D eigenvalue weighted by molar-refractivity contribution is 0.620. The second kappa shape index (κ2) is 5.86. The van der Waals surface area contributed by atoms with Crippen molar-refractivity contribution < 1.29 is 0 Å². The van der Waals surface area contributed by atoms with Crippen molar-refractivity contribution in [2.24, 2.45) is 5.92 Å². The fourth-order valence-corrected chi connectivity index (χ4v) is 3.26. The van der Waals surface area contributed by atoms with Gasteiger partial charge in [0.2, 0.25) is 0 Å². The van der Waals surface area contributed by atoms with Gasteiger partial charge in [0, 0.05) is 29.8 Å². The summed E-state index contributed by atoms with van der Waals surface area (Å²) in [5.41, 5.74) is 4.27. The molecule has 2 N–H and O–H groups in total. The van der Waals surface area contributed by atoms with E-state index in [1.807, 2.05) is 42.6 Å². The summed E-state index contributed by atoms with van der Waals surface area (Å²) in [6.07, 6.45) is 5.14. The molecule has 2 unspecified atom stereocenters. The minimum absolute atomic E-state index is 0.592. The standard InChI is InChI=1S/C19H18N4/c20-9-13-4-5-19-17(7-13)18(12-23-19)16-8-14(16)10-21-11-15-3-1-2-6-22-15/h1-7,12,14,16,21,23H,8,10-11H2. The number of nitrogens with zero attached hydrogens (tertiary/aromatic N) is 2. The number of pyridine rings is 1. The van der Waals surface area contributed by atoms with Gasteiger partial charge in [-0.2, -0.15) is 5.26 Å². The number of fused-ring (bicyclic) bond motifs is 1. The van der Waals surface area contributed by atoms with Crippen LogP contribution in [-0.4, -0.2) is 16.5 Å². The number of H-pyrrole nitrogens is 1. The van der Waals surface area contributed by atoms with E-state index in [4.69, 9.17) is 5.26 Å². The molecule has 23 heavy (non-hydrogen) atoms. The minimum Gasteiger partial charge on any atom is -0.361 e. The summed E-state index contributed by atoms with van der Waals surface area (Å²) >= 11 is 0. The number of aromatic nitrogens is 2. The maximum absolute atomic E-state index is 9.08. The molecule has 0 saturated heterocycles. The van der Waals surface area contributed by atoms with Gasteiger partial charge < -0.3 is 10.3 Å². The summed E-state index contributed by atoms with van der Waals surface area (Å²) in [6, 6.07) is 14.1. The second-order valence-electron chi connectivity index (χ2n) is 6.17. The van der Waals surface area contributed by atoms with Crippen molar-refractivity contribution in [3.63, 3.8) is 0 Å². The first-order valence-corrected chi connectivity index (χ1v) is 7.97. The Morgan fingerprint density at radius 1 is 1.30 bits per heavy atom. The smallest absolute Gasteiger partial charge is 0.0991 e. The largest absolute Gasteiger partial charge is 0.361 e. The summed E-state index contributed by atoms with van der Waals surface area (Å²) in [6.45, 7) is 1.82. The molecule has 4 rings (SSSR count). The van der Waals surface area contributed by atoms with E-state index in [0.717, 1.165) is 29.9 Å². The Labute approximate surface area is 135 Å². The molecule has 114 valence electrons. The molecular weight excluding hydrogens is 284 g/mol. The molecule has 1 fully saturated rings. The van der Waals surface area contributed by atoms with Gasteiger partial charge >= 0.3 is 0 Å². The van der Waals surface area contributed by atoms with Gasteiger partial charge in [0.25, 0.3) is 0 Å². The van der Waals surface area contributed by atoms with E-state index in [2.05, 4.69) is 27.6 Å². The summed E-state index contributed by atoms with van der Waals surface area (Å²) in [5.74, 6) is 1.26. The van der Waals surface area contributed by atoms with E-state index < -0.39 is 0 Å². The topological polar surface area (TPSA) is 64.5 Å². The van der Waals surface area contributed by atoms with Crippen molar-refractivity contribution in [3.8, 4) is 6.07 Å². The zero-order valence-electron chi connectivity index (χ0n) is 12.8. The fourth-order valence-electron chi connectivity index (χ4n) is 3.26. The van der Waals surface area contributed by atoms with Gasteiger partial charge in [0.1, 0.15) is 0 Å². The number of nitrogens with one attached hydrogen (secondary N) is 2. The number of hydrogen-bond acceptors (Lipinski definition) is 3. The first-order valence-electron chi connectivity index (χ1n) is 7.97. The van der Waals surface area contributed by atoms with Crippen LogP contribution in [0.4, 0.5) is 0 Å². The summed E-state index contributed by atoms with van der Waals surface area (Å²) < 4.78 is 0. The maximum atomic E-state index is 9.08. The van der Waals surface area contributed by atoms with Gasteiger partial charge in [-0.25, -0.2) is 0 Å². The first kappa shape index (κ1) is 14.0. The van der Waals surface area contributed by atoms with Gasteiger partial charge in [0.05, 0.1) is 17.3 Å². The number of benzene rings is 1. The van der Waals surface area contributed by atoms with E-state index in [-0.39, 0.29) is 0 Å². The van der Waals surface area contributed by atoms with Crippen molar-refractivity contribution >= 4 is 10.9 Å². The molecule has 2 heterocycles. The third kappa shape index (κ3) is 2.84. The lowest BCUT2D eigenvalue weighted by atomic mass is 10.1. The Kier molecular flexibility index (Phi) is 3.57. The molecule has 4 heteroatoms. The first-order chi connectivity index (χ1) is 11.3. The van der Waals surface area contributed by atoms with Crippen LogP contribution >= 0.6 is 0 Å². The van der Waals surface area contributed by atoms with Crippen molar-refractivity contribution in [1.29, 1.82) is 5.26 Å². The highest BCUT2D eigenvalue weighted by Crippen LogP contribution is 2.49. The molecule has 0 bridgehead atoms. The third-order valence-electron chi connectivity index (χ3n) is 4.60. The number of aromatic amines is 1. The van der Waals surface area contributed by atoms with Gasteiger partial charge in [-0.1, -0.05) is 6.07 Å². The van der Waals surface area contributed by atoms with Gasteiger partial charge in [-0.05, 0) is 60.7 Å². The monoisotopic (exact) mass is 302 g/mol. The lowest BCUT2D eigenvalue weighted by Gasteiger charge is -2.04. The van der Waals surface area contributed by atoms with Crippen molar-refractivity contribution in [1.82, 2.24) is 15.3 Å². The highest BCUT2D eigenvalue weighted by Gasteiger charge is 2.39. The zero-order valence-corrected chi connectivity index (χ0v) is 12.8. The molecule has 0 radical (unpaired) electrons. The Morgan fingerprint density at radius 3 is 3.09 bits per heavy atom. The molecule has 3 aromatic rings. The van der Waals surface area contributed by atoms with Crippen molar-refractivity contribution in [2.45, 2.75) is 18.9 Å². The van der Waals surface area contributed by atoms with Gasteiger partial charge in [-0.3, -0.25) is 4.98 Å². The maximum Gasteiger partial charge on any atom is 0.0991 e. The lowest BCUT2D eigenvalue weighted by Crippen LogP contribution is -2.17. The van der Waals surface area contributed by atoms with Gasteiger partial charge in [-0.15, -0.1) is 0 Å². The van der Waals surface area contributed by atoms with Crippen LogP contribution in [0.3, 0.4) is 0 Å². The molecule has 0 aliphatic heterocycles. The van der Waals surface area contributed by atoms with Crippen molar-refractivity contribution in [3.05, 3.63) is 65.6 Å². The van der Waals surface area contributed by atoms with E-state index >= 15 is 0 Å². The minimum atomic E-state index is 0.592. The van der Waals surface area contributed by atoms with E-state index in [9.17, 15) is 0 Å². The molecule has 2 atom stereocenters. The number of nitriles is 1. The van der Waals surface area contributed by atoms with Crippen LogP contribution in [0.5, 0.6) is 0 Å². The van der Waals surface area contributed by atoms with Crippen LogP contribution in [0.25, 0.3) is 10.9 Å². The Balaban J connectivity index is 1.40. The van der Waals surface area contributed by atoms with E-state index in [1.54, 1.807) is 0 Å². The molecule has 1 aliphatic rings. The molecule has 0 amide bonds. The SMILES string of the molecule is N#Cc1ccc2[nH]cc(C3CC3CNCc3ccccn3)c2c1. The second-order valence-corrected chi connectivity index (χ2v) is 6.17. The molecule has 0 spiro atoms. The Hall–Kier alpha value is -2.64. The highest BCUT2D eigenvalue weighted by molar-refractivity contribution is 5.85. The van der Waals surface area contributed by atoms with E-state index in [0.29, 0.717) is 11.8 Å². The molecule has 1 aromatic carbocycles. The molecular formula is C19H18N4. The number of rotatable bonds is 5. The Morgan fingerprint density at radius 2 is 2.26 bits per heavy atom. The zero-order chi connectivity index (χ0) is 15.6. The van der Waals surface area contributed by atoms with Crippen LogP contribution in [-0.2, 0) is 6.54 Å². The van der Waals surface area contributed by atoms with E-state index in [1.165, 1.54) is 17.4 Å². The van der Waals surface area contributed by atoms with Crippen LogP contribution in [0.1, 0.15) is 29.2 Å². The summed E-state index contributed by atoms with van der Waals surface area (Å²) in [5, 5.41) is 13.8. The third-order valence-corrected chi connectivity index (χ3v) is 4.60. The van der Waals surface area contributed by atoms with Gasteiger partial charge in [0.15, 0.2) is 0 Å².